The number of aryl methyl sites for hydroxylation is 1. The molecule has 138 valence electrons. The number of carbonyl (C=O) groups excluding carboxylic acids is 1. The molecule has 0 N–H and O–H groups in total. The van der Waals surface area contributed by atoms with Crippen molar-refractivity contribution in [1.82, 2.24) is 0 Å². The number of rotatable bonds is 5. The molecule has 4 rings (SSSR count). The molecule has 0 radical (unpaired) electrons. The molecule has 3 aromatic carbocycles. The first kappa shape index (κ1) is 17.7. The smallest absolute Gasteiger partial charge is 0.363 e. The summed E-state index contributed by atoms with van der Waals surface area (Å²) in [5.41, 5.74) is 4.26. The molecule has 0 spiro atoms. The number of carbonyl (C=O) groups is 1. The van der Waals surface area contributed by atoms with Gasteiger partial charge >= 0.3 is 5.97 Å². The van der Waals surface area contributed by atoms with Gasteiger partial charge in [0.2, 0.25) is 5.90 Å². The van der Waals surface area contributed by atoms with E-state index in [9.17, 15) is 4.79 Å². The Hall–Kier alpha value is -3.66. The van der Waals surface area contributed by atoms with Crippen LogP contribution in [0.2, 0.25) is 0 Å². The van der Waals surface area contributed by atoms with Crippen LogP contribution in [0.3, 0.4) is 0 Å². The SMILES string of the molecule is Cc1ccc(COc2ccc(/C=C3\N=C(c4ccccc4)OC3=O)cc2)cc1. The first-order valence-corrected chi connectivity index (χ1v) is 9.04. The Bertz CT molecular complexity index is 1030. The van der Waals surface area contributed by atoms with Gasteiger partial charge < -0.3 is 9.47 Å². The lowest BCUT2D eigenvalue weighted by Crippen LogP contribution is -2.04. The molecule has 1 aliphatic rings. The first-order chi connectivity index (χ1) is 13.7. The zero-order valence-electron chi connectivity index (χ0n) is 15.5. The molecule has 0 atom stereocenters. The standard InChI is InChI=1S/C24H19NO3/c1-17-7-9-19(10-8-17)16-27-21-13-11-18(12-14-21)15-22-24(26)28-23(25-22)20-5-3-2-4-6-20/h2-15H,16H2,1H3/b22-15-. The molecule has 0 saturated carbocycles. The van der Waals surface area contributed by atoms with E-state index in [1.54, 1.807) is 6.08 Å². The van der Waals surface area contributed by atoms with E-state index in [0.29, 0.717) is 12.5 Å². The van der Waals surface area contributed by atoms with Crippen molar-refractivity contribution >= 4 is 17.9 Å². The van der Waals surface area contributed by atoms with Crippen LogP contribution in [0, 0.1) is 6.92 Å². The number of benzene rings is 3. The molecule has 0 bridgehead atoms. The van der Waals surface area contributed by atoms with Crippen LogP contribution >= 0.6 is 0 Å². The highest BCUT2D eigenvalue weighted by Gasteiger charge is 2.23. The fourth-order valence-corrected chi connectivity index (χ4v) is 2.78. The zero-order chi connectivity index (χ0) is 19.3. The highest BCUT2D eigenvalue weighted by Crippen LogP contribution is 2.21. The van der Waals surface area contributed by atoms with E-state index in [1.807, 2.05) is 54.6 Å². The van der Waals surface area contributed by atoms with Gasteiger partial charge in [-0.2, -0.15) is 0 Å². The highest BCUT2D eigenvalue weighted by atomic mass is 16.6. The molecule has 0 fully saturated rings. The summed E-state index contributed by atoms with van der Waals surface area (Å²) in [5.74, 6) is 0.652. The van der Waals surface area contributed by atoms with E-state index < -0.39 is 5.97 Å². The minimum Gasteiger partial charge on any atom is -0.489 e. The van der Waals surface area contributed by atoms with E-state index in [1.165, 1.54) is 5.56 Å². The van der Waals surface area contributed by atoms with Gasteiger partial charge in [-0.3, -0.25) is 0 Å². The first-order valence-electron chi connectivity index (χ1n) is 9.04. The van der Waals surface area contributed by atoms with Gasteiger partial charge in [0.15, 0.2) is 5.70 Å². The maximum absolute atomic E-state index is 12.1. The Morgan fingerprint density at radius 1 is 0.929 bits per heavy atom. The molecule has 0 aromatic heterocycles. The van der Waals surface area contributed by atoms with Crippen LogP contribution in [0.1, 0.15) is 22.3 Å². The molecule has 1 aliphatic heterocycles. The summed E-state index contributed by atoms with van der Waals surface area (Å²) in [6.45, 7) is 2.57. The van der Waals surface area contributed by atoms with Gasteiger partial charge in [0.05, 0.1) is 0 Å². The average molecular weight is 369 g/mol. The maximum atomic E-state index is 12.1. The van der Waals surface area contributed by atoms with Gasteiger partial charge in [-0.05, 0) is 48.4 Å². The lowest BCUT2D eigenvalue weighted by Gasteiger charge is -2.07. The van der Waals surface area contributed by atoms with Crippen LogP contribution in [0.15, 0.2) is 89.6 Å². The Kier molecular flexibility index (Phi) is 5.02. The third-order valence-corrected chi connectivity index (χ3v) is 4.35. The number of cyclic esters (lactones) is 1. The van der Waals surface area contributed by atoms with Gasteiger partial charge in [-0.15, -0.1) is 0 Å². The summed E-state index contributed by atoms with van der Waals surface area (Å²) in [5, 5.41) is 0. The second-order valence-corrected chi connectivity index (χ2v) is 6.55. The largest absolute Gasteiger partial charge is 0.489 e. The van der Waals surface area contributed by atoms with Crippen molar-refractivity contribution in [3.63, 3.8) is 0 Å². The number of ether oxygens (including phenoxy) is 2. The summed E-state index contributed by atoms with van der Waals surface area (Å²) in [7, 11) is 0. The highest BCUT2D eigenvalue weighted by molar-refractivity contribution is 6.12. The maximum Gasteiger partial charge on any atom is 0.363 e. The lowest BCUT2D eigenvalue weighted by atomic mass is 10.1. The Morgan fingerprint density at radius 2 is 1.64 bits per heavy atom. The molecule has 28 heavy (non-hydrogen) atoms. The van der Waals surface area contributed by atoms with Crippen LogP contribution in [0.4, 0.5) is 0 Å². The van der Waals surface area contributed by atoms with Crippen LogP contribution in [0.5, 0.6) is 5.75 Å². The number of aliphatic imine (C=N–C) groups is 1. The second-order valence-electron chi connectivity index (χ2n) is 6.55. The van der Waals surface area contributed by atoms with E-state index in [-0.39, 0.29) is 5.70 Å². The third kappa shape index (κ3) is 4.18. The summed E-state index contributed by atoms with van der Waals surface area (Å²) < 4.78 is 11.1. The van der Waals surface area contributed by atoms with Crippen molar-refractivity contribution < 1.29 is 14.3 Å². The third-order valence-electron chi connectivity index (χ3n) is 4.35. The lowest BCUT2D eigenvalue weighted by molar-refractivity contribution is -0.129. The quantitative estimate of drug-likeness (QED) is 0.474. The molecule has 4 nitrogen and oxygen atoms in total. The summed E-state index contributed by atoms with van der Waals surface area (Å²) in [6, 6.07) is 25.2. The van der Waals surface area contributed by atoms with Crippen molar-refractivity contribution in [2.24, 2.45) is 4.99 Å². The molecular formula is C24H19NO3. The van der Waals surface area contributed by atoms with Gasteiger partial charge in [-0.25, -0.2) is 9.79 Å². The monoisotopic (exact) mass is 369 g/mol. The van der Waals surface area contributed by atoms with Crippen molar-refractivity contribution in [3.05, 3.63) is 107 Å². The average Bonchev–Trinajstić information content (AvgIpc) is 3.10. The van der Waals surface area contributed by atoms with E-state index in [4.69, 9.17) is 9.47 Å². The summed E-state index contributed by atoms with van der Waals surface area (Å²) in [4.78, 5) is 16.4. The molecule has 0 unspecified atom stereocenters. The van der Waals surface area contributed by atoms with E-state index >= 15 is 0 Å². The van der Waals surface area contributed by atoms with Crippen LogP contribution in [0.25, 0.3) is 6.08 Å². The number of esters is 1. The number of hydrogen-bond donors (Lipinski definition) is 0. The van der Waals surface area contributed by atoms with Crippen LogP contribution in [-0.2, 0) is 16.1 Å². The Morgan fingerprint density at radius 3 is 2.36 bits per heavy atom. The second kappa shape index (κ2) is 7.92. The van der Waals surface area contributed by atoms with Crippen molar-refractivity contribution in [2.75, 3.05) is 0 Å². The predicted octanol–water partition coefficient (Wildman–Crippen LogP) is 4.92. The fraction of sp³-hybridized carbons (Fsp3) is 0.0833. The van der Waals surface area contributed by atoms with Gasteiger partial charge in [0, 0.05) is 5.56 Å². The minimum atomic E-state index is -0.446. The normalized spacial score (nSPS) is 14.7. The fourth-order valence-electron chi connectivity index (χ4n) is 2.78. The number of hydrogen-bond acceptors (Lipinski definition) is 4. The van der Waals surface area contributed by atoms with Gasteiger partial charge in [0.25, 0.3) is 0 Å². The van der Waals surface area contributed by atoms with Crippen LogP contribution in [-0.4, -0.2) is 11.9 Å². The van der Waals surface area contributed by atoms with Gasteiger partial charge in [-0.1, -0.05) is 60.2 Å². The Labute approximate surface area is 163 Å². The Balaban J connectivity index is 1.44. The predicted molar refractivity (Wildman–Crippen MR) is 109 cm³/mol. The molecule has 4 heteroatoms. The summed E-state index contributed by atoms with van der Waals surface area (Å²) in [6.07, 6.45) is 1.71. The topological polar surface area (TPSA) is 47.9 Å². The molecule has 3 aromatic rings. The van der Waals surface area contributed by atoms with Crippen molar-refractivity contribution in [1.29, 1.82) is 0 Å². The van der Waals surface area contributed by atoms with Gasteiger partial charge in [0.1, 0.15) is 12.4 Å². The molecule has 0 amide bonds. The molecule has 0 aliphatic carbocycles. The zero-order valence-corrected chi connectivity index (χ0v) is 15.5. The minimum absolute atomic E-state index is 0.284. The summed E-state index contributed by atoms with van der Waals surface area (Å²) >= 11 is 0. The van der Waals surface area contributed by atoms with E-state index in [2.05, 4.69) is 36.2 Å². The van der Waals surface area contributed by atoms with Crippen LogP contribution < -0.4 is 4.74 Å². The molecule has 1 heterocycles. The van der Waals surface area contributed by atoms with Crippen molar-refractivity contribution in [3.8, 4) is 5.75 Å². The van der Waals surface area contributed by atoms with E-state index in [0.717, 1.165) is 22.4 Å². The molecule has 0 saturated heterocycles. The molecular weight excluding hydrogens is 350 g/mol. The van der Waals surface area contributed by atoms with Crippen molar-refractivity contribution in [2.45, 2.75) is 13.5 Å². The number of nitrogens with zero attached hydrogens (tertiary/aromatic N) is 1.